The number of rotatable bonds is 15. The van der Waals surface area contributed by atoms with E-state index in [9.17, 15) is 18.0 Å². The Morgan fingerprint density at radius 1 is 0.816 bits per heavy atom. The lowest BCUT2D eigenvalue weighted by Gasteiger charge is -2.14. The number of alkyl halides is 3. The zero-order valence-electron chi connectivity index (χ0n) is 21.9. The molecule has 0 unspecified atom stereocenters. The van der Waals surface area contributed by atoms with Gasteiger partial charge < -0.3 is 14.8 Å². The first-order valence-corrected chi connectivity index (χ1v) is 13.3. The molecule has 204 valence electrons. The summed E-state index contributed by atoms with van der Waals surface area (Å²) in [6.45, 7) is 2.45. The van der Waals surface area contributed by atoms with Crippen molar-refractivity contribution >= 4 is 17.3 Å². The van der Waals surface area contributed by atoms with Gasteiger partial charge in [0.1, 0.15) is 19.0 Å². The number of para-hydroxylation sites is 1. The van der Waals surface area contributed by atoms with E-state index in [-0.39, 0.29) is 24.5 Å². The van der Waals surface area contributed by atoms with Crippen LogP contribution in [0.1, 0.15) is 73.4 Å². The van der Waals surface area contributed by atoms with Crippen LogP contribution in [0.25, 0.3) is 0 Å². The van der Waals surface area contributed by atoms with Crippen molar-refractivity contribution in [3.05, 3.63) is 89.5 Å². The van der Waals surface area contributed by atoms with Gasteiger partial charge in [0.2, 0.25) is 0 Å². The molecule has 0 radical (unpaired) electrons. The number of esters is 1. The Morgan fingerprint density at radius 2 is 1.53 bits per heavy atom. The molecule has 0 saturated carbocycles. The van der Waals surface area contributed by atoms with Crippen molar-refractivity contribution in [2.24, 2.45) is 0 Å². The minimum Gasteiger partial charge on any atom is -0.490 e. The van der Waals surface area contributed by atoms with E-state index in [4.69, 9.17) is 9.47 Å². The maximum absolute atomic E-state index is 13.0. The number of hydrogen-bond acceptors (Lipinski definition) is 4. The summed E-state index contributed by atoms with van der Waals surface area (Å²) in [5, 5.41) is 2.88. The largest absolute Gasteiger partial charge is 0.490 e. The van der Waals surface area contributed by atoms with E-state index >= 15 is 0 Å². The molecular formula is C31H36F3NO3. The van der Waals surface area contributed by atoms with Crippen molar-refractivity contribution in [1.29, 1.82) is 0 Å². The molecule has 0 amide bonds. The van der Waals surface area contributed by atoms with Crippen LogP contribution in [0.2, 0.25) is 0 Å². The smallest absolute Gasteiger partial charge is 0.416 e. The first-order chi connectivity index (χ1) is 18.4. The van der Waals surface area contributed by atoms with E-state index in [1.807, 2.05) is 12.1 Å². The third-order valence-electron chi connectivity index (χ3n) is 6.19. The lowest BCUT2D eigenvalue weighted by Crippen LogP contribution is -2.13. The predicted octanol–water partition coefficient (Wildman–Crippen LogP) is 8.98. The van der Waals surface area contributed by atoms with Crippen molar-refractivity contribution in [1.82, 2.24) is 0 Å². The summed E-state index contributed by atoms with van der Waals surface area (Å²) in [7, 11) is 0. The molecule has 1 N–H and O–H groups in total. The molecule has 7 heteroatoms. The van der Waals surface area contributed by atoms with Gasteiger partial charge in [0.05, 0.1) is 16.8 Å². The lowest BCUT2D eigenvalue weighted by molar-refractivity contribution is -0.137. The maximum Gasteiger partial charge on any atom is 0.416 e. The quantitative estimate of drug-likeness (QED) is 0.158. The average Bonchev–Trinajstić information content (AvgIpc) is 2.91. The van der Waals surface area contributed by atoms with Gasteiger partial charge in [-0.3, -0.25) is 0 Å². The first kappa shape index (κ1) is 29.1. The van der Waals surface area contributed by atoms with Crippen molar-refractivity contribution in [3.63, 3.8) is 0 Å². The molecule has 0 fully saturated rings. The molecule has 0 bridgehead atoms. The molecule has 38 heavy (non-hydrogen) atoms. The minimum absolute atomic E-state index is 0.0382. The molecule has 0 aliphatic rings. The van der Waals surface area contributed by atoms with E-state index < -0.39 is 17.7 Å². The fourth-order valence-corrected chi connectivity index (χ4v) is 4.11. The first-order valence-electron chi connectivity index (χ1n) is 13.3. The van der Waals surface area contributed by atoms with E-state index in [1.54, 1.807) is 24.3 Å². The molecule has 0 aromatic heterocycles. The van der Waals surface area contributed by atoms with Crippen molar-refractivity contribution < 1.29 is 27.4 Å². The molecule has 4 nitrogen and oxygen atoms in total. The summed E-state index contributed by atoms with van der Waals surface area (Å²) in [6.07, 6.45) is 5.60. The van der Waals surface area contributed by atoms with Crippen LogP contribution in [-0.4, -0.2) is 19.2 Å². The number of nitrogens with one attached hydrogen (secondary N) is 1. The predicted molar refractivity (Wildman–Crippen MR) is 145 cm³/mol. The molecule has 0 atom stereocenters. The summed E-state index contributed by atoms with van der Waals surface area (Å²) in [5.74, 6) is 0.115. The molecule has 0 heterocycles. The number of benzene rings is 3. The van der Waals surface area contributed by atoms with Crippen LogP contribution in [0.4, 0.5) is 24.5 Å². The van der Waals surface area contributed by atoms with Crippen molar-refractivity contribution in [2.75, 3.05) is 18.5 Å². The number of halogens is 3. The van der Waals surface area contributed by atoms with E-state index in [0.717, 1.165) is 18.6 Å². The summed E-state index contributed by atoms with van der Waals surface area (Å²) in [5.41, 5.74) is 1.31. The highest BCUT2D eigenvalue weighted by atomic mass is 19.4. The van der Waals surface area contributed by atoms with Gasteiger partial charge in [0, 0.05) is 5.69 Å². The minimum atomic E-state index is -4.45. The number of unbranched alkanes of at least 4 members (excludes halogenated alkanes) is 6. The van der Waals surface area contributed by atoms with Gasteiger partial charge in [-0.2, -0.15) is 13.2 Å². The third-order valence-corrected chi connectivity index (χ3v) is 6.19. The molecule has 0 spiro atoms. The maximum atomic E-state index is 13.0. The van der Waals surface area contributed by atoms with E-state index in [2.05, 4.69) is 24.4 Å². The third kappa shape index (κ3) is 9.77. The number of hydrogen-bond donors (Lipinski definition) is 1. The van der Waals surface area contributed by atoms with Gasteiger partial charge >= 0.3 is 12.1 Å². The number of carbonyl (C=O) groups excluding carboxylic acids is 1. The Kier molecular flexibility index (Phi) is 11.5. The van der Waals surface area contributed by atoms with Gasteiger partial charge in [-0.1, -0.05) is 75.8 Å². The summed E-state index contributed by atoms with van der Waals surface area (Å²) in [6, 6.07) is 19.3. The number of anilines is 2. The Hall–Kier alpha value is -3.48. The van der Waals surface area contributed by atoms with E-state index in [0.29, 0.717) is 11.4 Å². The van der Waals surface area contributed by atoms with Crippen LogP contribution in [0, 0.1) is 0 Å². The Bertz CT molecular complexity index is 1130. The van der Waals surface area contributed by atoms with Crippen LogP contribution in [0.5, 0.6) is 5.75 Å². The molecule has 3 rings (SSSR count). The summed E-state index contributed by atoms with van der Waals surface area (Å²) < 4.78 is 50.1. The second-order valence-corrected chi connectivity index (χ2v) is 9.25. The zero-order chi connectivity index (χ0) is 27.2. The number of aryl methyl sites for hydroxylation is 1. The van der Waals surface area contributed by atoms with Crippen LogP contribution in [0.3, 0.4) is 0 Å². The SMILES string of the molecule is CCCCCCCCCc1ccc(OCCOC(=O)c2ccccc2Nc2cccc(C(F)(F)F)c2)cc1. The lowest BCUT2D eigenvalue weighted by atomic mass is 10.0. The second kappa shape index (κ2) is 15.1. The average molecular weight is 528 g/mol. The molecule has 0 aliphatic heterocycles. The van der Waals surface area contributed by atoms with Gasteiger partial charge in [-0.15, -0.1) is 0 Å². The van der Waals surface area contributed by atoms with Gasteiger partial charge in [-0.25, -0.2) is 4.79 Å². The zero-order valence-corrected chi connectivity index (χ0v) is 21.9. The normalized spacial score (nSPS) is 11.3. The van der Waals surface area contributed by atoms with E-state index in [1.165, 1.54) is 62.6 Å². The molecular weight excluding hydrogens is 491 g/mol. The Labute approximate surface area is 223 Å². The summed E-state index contributed by atoms with van der Waals surface area (Å²) >= 11 is 0. The Morgan fingerprint density at radius 3 is 2.26 bits per heavy atom. The fourth-order valence-electron chi connectivity index (χ4n) is 4.11. The monoisotopic (exact) mass is 527 g/mol. The van der Waals surface area contributed by atoms with Crippen LogP contribution in [0.15, 0.2) is 72.8 Å². The highest BCUT2D eigenvalue weighted by Gasteiger charge is 2.30. The van der Waals surface area contributed by atoms with Gasteiger partial charge in [0.15, 0.2) is 0 Å². The number of ether oxygens (including phenoxy) is 2. The standard InChI is InChI=1S/C31H36F3NO3/c1-2-3-4-5-6-7-8-12-24-17-19-27(20-18-24)37-21-22-38-30(36)28-15-9-10-16-29(28)35-26-14-11-13-25(23-26)31(32,33)34/h9-11,13-20,23,35H,2-8,12,21-22H2,1H3. The molecule has 0 saturated heterocycles. The summed E-state index contributed by atoms with van der Waals surface area (Å²) in [4.78, 5) is 12.6. The fraction of sp³-hybridized carbons (Fsp3) is 0.387. The van der Waals surface area contributed by atoms with Crippen molar-refractivity contribution in [2.45, 2.75) is 64.5 Å². The topological polar surface area (TPSA) is 47.6 Å². The Balaban J connectivity index is 1.42. The highest BCUT2D eigenvalue weighted by Crippen LogP contribution is 2.32. The van der Waals surface area contributed by atoms with Crippen LogP contribution < -0.4 is 10.1 Å². The second-order valence-electron chi connectivity index (χ2n) is 9.25. The molecule has 0 aliphatic carbocycles. The number of carbonyl (C=O) groups is 1. The van der Waals surface area contributed by atoms with Gasteiger partial charge in [-0.05, 0) is 60.9 Å². The van der Waals surface area contributed by atoms with Crippen molar-refractivity contribution in [3.8, 4) is 5.75 Å². The van der Waals surface area contributed by atoms with Crippen LogP contribution in [-0.2, 0) is 17.3 Å². The van der Waals surface area contributed by atoms with Crippen LogP contribution >= 0.6 is 0 Å². The molecule has 3 aromatic rings. The molecule has 3 aromatic carbocycles. The highest BCUT2D eigenvalue weighted by molar-refractivity contribution is 5.96. The van der Waals surface area contributed by atoms with Gasteiger partial charge in [0.25, 0.3) is 0 Å².